The van der Waals surface area contributed by atoms with E-state index < -0.39 is 17.4 Å². The maximum atomic E-state index is 10.1. The number of unbranched alkanes of at least 4 members (excludes halogenated alkanes) is 10. The fraction of sp³-hybridized carbons (Fsp3) is 0.917. The fourth-order valence-electron chi connectivity index (χ4n) is 2.60. The van der Waals surface area contributed by atoms with E-state index in [4.69, 9.17) is 25.5 Å². The van der Waals surface area contributed by atoms with Crippen LogP contribution >= 0.6 is 0 Å². The summed E-state index contributed by atoms with van der Waals surface area (Å²) in [6.07, 6.45) is 15.1. The van der Waals surface area contributed by atoms with Gasteiger partial charge in [-0.05, 0) is 19.3 Å². The highest BCUT2D eigenvalue weighted by atomic mass is 16.4. The van der Waals surface area contributed by atoms with E-state index in [2.05, 4.69) is 13.8 Å². The van der Waals surface area contributed by atoms with E-state index in [9.17, 15) is 9.59 Å². The molecule has 0 aromatic rings. The van der Waals surface area contributed by atoms with Gasteiger partial charge in [0.05, 0.1) is 19.8 Å². The van der Waals surface area contributed by atoms with Gasteiger partial charge in [-0.25, -0.2) is 0 Å². The summed E-state index contributed by atoms with van der Waals surface area (Å²) in [6.45, 7) is 5.70. The smallest absolute Gasteiger partial charge is 0.303 e. The van der Waals surface area contributed by atoms with Crippen LogP contribution in [0.5, 0.6) is 0 Å². The predicted octanol–water partition coefficient (Wildman–Crippen LogP) is 5.00. The minimum atomic E-state index is -0.670. The van der Waals surface area contributed by atoms with Gasteiger partial charge in [0.1, 0.15) is 0 Å². The van der Waals surface area contributed by atoms with E-state index in [0.29, 0.717) is 19.3 Å². The van der Waals surface area contributed by atoms with Gasteiger partial charge in [-0.3, -0.25) is 9.59 Å². The Hall–Kier alpha value is -1.18. The van der Waals surface area contributed by atoms with Gasteiger partial charge in [0.2, 0.25) is 0 Å². The molecule has 0 heterocycles. The highest BCUT2D eigenvalue weighted by molar-refractivity contribution is 5.66. The second kappa shape index (κ2) is 26.9. The summed E-state index contributed by atoms with van der Waals surface area (Å²) in [5.74, 6) is -1.33. The van der Waals surface area contributed by atoms with Gasteiger partial charge in [0.25, 0.3) is 0 Å². The molecule has 0 saturated carbocycles. The largest absolute Gasteiger partial charge is 0.481 e. The van der Waals surface area contributed by atoms with Gasteiger partial charge < -0.3 is 25.5 Å². The van der Waals surface area contributed by atoms with E-state index in [1.807, 2.05) is 6.92 Å². The summed E-state index contributed by atoms with van der Waals surface area (Å²) in [7, 11) is 0. The lowest BCUT2D eigenvalue weighted by Gasteiger charge is -2.24. The maximum Gasteiger partial charge on any atom is 0.303 e. The number of carboxylic acids is 2. The second-order valence-electron chi connectivity index (χ2n) is 8.15. The van der Waals surface area contributed by atoms with Crippen LogP contribution in [0.4, 0.5) is 0 Å². The zero-order chi connectivity index (χ0) is 24.4. The molecule has 0 aromatic heterocycles. The summed E-state index contributed by atoms with van der Waals surface area (Å²) in [4.78, 5) is 20.2. The van der Waals surface area contributed by atoms with E-state index in [1.54, 1.807) is 0 Å². The normalized spacial score (nSPS) is 10.5. The third-order valence-corrected chi connectivity index (χ3v) is 5.24. The highest BCUT2D eigenvalue weighted by Gasteiger charge is 2.24. The number of aliphatic hydroxyl groups is 3. The molecule has 31 heavy (non-hydrogen) atoms. The minimum absolute atomic E-state index is 0.156. The third kappa shape index (κ3) is 28.8. The van der Waals surface area contributed by atoms with E-state index in [-0.39, 0.29) is 19.8 Å². The lowest BCUT2D eigenvalue weighted by Crippen LogP contribution is -2.32. The third-order valence-electron chi connectivity index (χ3n) is 5.24. The summed E-state index contributed by atoms with van der Waals surface area (Å²) in [5.41, 5.74) is -0.667. The molecule has 0 aromatic carbocycles. The van der Waals surface area contributed by atoms with Gasteiger partial charge in [-0.15, -0.1) is 0 Å². The van der Waals surface area contributed by atoms with Crippen molar-refractivity contribution in [3.8, 4) is 0 Å². The fourth-order valence-corrected chi connectivity index (χ4v) is 2.60. The summed E-state index contributed by atoms with van der Waals surface area (Å²) in [5, 5.41) is 42.6. The van der Waals surface area contributed by atoms with Gasteiger partial charge in [-0.1, -0.05) is 85.0 Å². The van der Waals surface area contributed by atoms with Gasteiger partial charge >= 0.3 is 11.9 Å². The standard InChI is InChI=1S/C10H20O2.C8H16O2.C6H14O3/c1-2-3-4-5-6-7-8-9-10(11)12;1-2-3-4-5-6-7-8(9)10;1-2-6(3-7,4-8)5-9/h2-9H2,1H3,(H,11,12);2-7H2,1H3,(H,9,10);7-9H,2-5H2,1H3. The van der Waals surface area contributed by atoms with Crippen molar-refractivity contribution in [1.29, 1.82) is 0 Å². The van der Waals surface area contributed by atoms with Crippen LogP contribution in [0.25, 0.3) is 0 Å². The van der Waals surface area contributed by atoms with Crippen LogP contribution in [0.2, 0.25) is 0 Å². The van der Waals surface area contributed by atoms with Gasteiger partial charge in [0.15, 0.2) is 0 Å². The minimum Gasteiger partial charge on any atom is -0.481 e. The summed E-state index contributed by atoms with van der Waals surface area (Å²) < 4.78 is 0. The highest BCUT2D eigenvalue weighted by Crippen LogP contribution is 2.18. The Morgan fingerprint density at radius 1 is 0.548 bits per heavy atom. The first kappa shape index (κ1) is 34.4. The second-order valence-corrected chi connectivity index (χ2v) is 8.15. The van der Waals surface area contributed by atoms with E-state index in [0.717, 1.165) is 25.7 Å². The van der Waals surface area contributed by atoms with Crippen LogP contribution in [-0.2, 0) is 9.59 Å². The Bertz CT molecular complexity index is 365. The Labute approximate surface area is 189 Å². The van der Waals surface area contributed by atoms with Crippen molar-refractivity contribution in [3.05, 3.63) is 0 Å². The van der Waals surface area contributed by atoms with Crippen LogP contribution in [0.3, 0.4) is 0 Å². The molecule has 0 unspecified atom stereocenters. The van der Waals surface area contributed by atoms with Gasteiger partial charge in [0, 0.05) is 18.3 Å². The van der Waals surface area contributed by atoms with Crippen molar-refractivity contribution in [2.75, 3.05) is 19.8 Å². The molecule has 0 amide bonds. The summed E-state index contributed by atoms with van der Waals surface area (Å²) in [6, 6.07) is 0. The topological polar surface area (TPSA) is 135 Å². The molecule has 0 aliphatic carbocycles. The molecule has 0 rings (SSSR count). The number of aliphatic carboxylic acids is 2. The van der Waals surface area contributed by atoms with Crippen molar-refractivity contribution in [3.63, 3.8) is 0 Å². The lowest BCUT2D eigenvalue weighted by molar-refractivity contribution is -0.138. The van der Waals surface area contributed by atoms with Crippen molar-refractivity contribution in [2.24, 2.45) is 5.41 Å². The average Bonchev–Trinajstić information content (AvgIpc) is 2.75. The van der Waals surface area contributed by atoms with Crippen LogP contribution in [0.15, 0.2) is 0 Å². The SMILES string of the molecule is CCC(CO)(CO)CO.CCCCCCCC(=O)O.CCCCCCCCCC(=O)O. The molecular formula is C24H50O7. The van der Waals surface area contributed by atoms with Gasteiger partial charge in [-0.2, -0.15) is 0 Å². The molecule has 0 bridgehead atoms. The Morgan fingerprint density at radius 2 is 0.839 bits per heavy atom. The monoisotopic (exact) mass is 450 g/mol. The molecule has 7 nitrogen and oxygen atoms in total. The van der Waals surface area contributed by atoms with Crippen LogP contribution in [-0.4, -0.2) is 57.3 Å². The Balaban J connectivity index is -0.000000384. The van der Waals surface area contributed by atoms with Crippen molar-refractivity contribution < 1.29 is 35.1 Å². The number of carboxylic acid groups (broad SMARTS) is 2. The van der Waals surface area contributed by atoms with Crippen LogP contribution < -0.4 is 0 Å². The zero-order valence-corrected chi connectivity index (χ0v) is 20.3. The predicted molar refractivity (Wildman–Crippen MR) is 125 cm³/mol. The van der Waals surface area contributed by atoms with Crippen LogP contribution in [0.1, 0.15) is 117 Å². The first-order chi connectivity index (χ1) is 14.8. The number of carbonyl (C=O) groups is 2. The maximum absolute atomic E-state index is 10.1. The first-order valence-corrected chi connectivity index (χ1v) is 12.0. The molecule has 0 fully saturated rings. The lowest BCUT2D eigenvalue weighted by atomic mass is 9.88. The molecule has 0 radical (unpaired) electrons. The molecule has 7 heteroatoms. The average molecular weight is 451 g/mol. The molecule has 0 saturated heterocycles. The molecule has 0 aliphatic heterocycles. The Kier molecular flexibility index (Phi) is 29.8. The quantitative estimate of drug-likeness (QED) is 0.185. The summed E-state index contributed by atoms with van der Waals surface area (Å²) >= 11 is 0. The molecule has 188 valence electrons. The van der Waals surface area contributed by atoms with E-state index >= 15 is 0 Å². The number of hydrogen-bond donors (Lipinski definition) is 5. The van der Waals surface area contributed by atoms with Crippen molar-refractivity contribution >= 4 is 11.9 Å². The first-order valence-electron chi connectivity index (χ1n) is 12.0. The zero-order valence-electron chi connectivity index (χ0n) is 20.3. The molecule has 0 atom stereocenters. The molecule has 0 aliphatic rings. The number of hydrogen-bond acceptors (Lipinski definition) is 5. The van der Waals surface area contributed by atoms with Crippen molar-refractivity contribution in [2.45, 2.75) is 117 Å². The Morgan fingerprint density at radius 3 is 1.03 bits per heavy atom. The molecule has 5 N–H and O–H groups in total. The molecular weight excluding hydrogens is 400 g/mol. The van der Waals surface area contributed by atoms with Crippen LogP contribution in [0, 0.1) is 5.41 Å². The number of rotatable bonds is 18. The molecule has 0 spiro atoms. The van der Waals surface area contributed by atoms with Crippen molar-refractivity contribution in [1.82, 2.24) is 0 Å². The number of aliphatic hydroxyl groups excluding tert-OH is 3. The van der Waals surface area contributed by atoms with E-state index in [1.165, 1.54) is 51.4 Å².